The van der Waals surface area contributed by atoms with Crippen LogP contribution < -0.4 is 4.74 Å². The van der Waals surface area contributed by atoms with Gasteiger partial charge in [-0.05, 0) is 24.3 Å². The maximum atomic E-state index is 13.1. The highest BCUT2D eigenvalue weighted by molar-refractivity contribution is 5.64. The van der Waals surface area contributed by atoms with Gasteiger partial charge in [-0.2, -0.15) is 13.2 Å². The van der Waals surface area contributed by atoms with Gasteiger partial charge in [-0.1, -0.05) is 0 Å². The highest BCUT2D eigenvalue weighted by Crippen LogP contribution is 2.32. The Labute approximate surface area is 140 Å². The van der Waals surface area contributed by atoms with Crippen LogP contribution >= 0.6 is 0 Å². The van der Waals surface area contributed by atoms with Crippen LogP contribution in [0, 0.1) is 0 Å². The number of hydrogen-bond donors (Lipinski definition) is 1. The summed E-state index contributed by atoms with van der Waals surface area (Å²) >= 11 is 0. The molecule has 0 saturated carbocycles. The van der Waals surface area contributed by atoms with Gasteiger partial charge >= 0.3 is 12.5 Å². The molecule has 6 nitrogen and oxygen atoms in total. The molecular weight excluding hydrogens is 370 g/mol. The Kier molecular flexibility index (Phi) is 4.22. The third-order valence-corrected chi connectivity index (χ3v) is 3.31. The van der Waals surface area contributed by atoms with Crippen molar-refractivity contribution >= 4 is 5.65 Å². The lowest BCUT2D eigenvalue weighted by Gasteiger charge is -2.13. The van der Waals surface area contributed by atoms with Crippen LogP contribution in [-0.2, 0) is 12.8 Å². The van der Waals surface area contributed by atoms with Crippen molar-refractivity contribution in [1.82, 2.24) is 19.6 Å². The zero-order valence-electron chi connectivity index (χ0n) is 12.5. The zero-order chi connectivity index (χ0) is 19.1. The molecule has 0 aliphatic heterocycles. The van der Waals surface area contributed by atoms with Gasteiger partial charge < -0.3 is 9.84 Å². The molecule has 0 spiro atoms. The zero-order valence-corrected chi connectivity index (χ0v) is 12.5. The number of hydrogen-bond acceptors (Lipinski definition) is 5. The summed E-state index contributed by atoms with van der Waals surface area (Å²) in [7, 11) is 0. The van der Waals surface area contributed by atoms with Gasteiger partial charge in [-0.3, -0.25) is 9.38 Å². The van der Waals surface area contributed by atoms with E-state index >= 15 is 0 Å². The average molecular weight is 378 g/mol. The number of alkyl halides is 6. The maximum Gasteiger partial charge on any atom is 0.573 e. The van der Waals surface area contributed by atoms with Gasteiger partial charge in [0.25, 0.3) is 0 Å². The molecule has 2 heterocycles. The van der Waals surface area contributed by atoms with Gasteiger partial charge in [0.15, 0.2) is 5.65 Å². The Bertz CT molecular complexity index is 933. The van der Waals surface area contributed by atoms with Crippen LogP contribution in [0.2, 0.25) is 0 Å². The van der Waals surface area contributed by atoms with Crippen LogP contribution in [0.25, 0.3) is 16.9 Å². The van der Waals surface area contributed by atoms with E-state index in [1.165, 1.54) is 12.1 Å². The third kappa shape index (κ3) is 3.40. The molecule has 12 heteroatoms. The first-order chi connectivity index (χ1) is 12.1. The Balaban J connectivity index is 2.10. The minimum atomic E-state index is -4.88. The Morgan fingerprint density at radius 1 is 1.00 bits per heavy atom. The van der Waals surface area contributed by atoms with E-state index in [1.54, 1.807) is 0 Å². The number of aliphatic hydroxyl groups excluding tert-OH is 1. The molecule has 138 valence electrons. The van der Waals surface area contributed by atoms with Crippen molar-refractivity contribution < 1.29 is 36.2 Å². The lowest BCUT2D eigenvalue weighted by atomic mass is 10.1. The first kappa shape index (κ1) is 17.9. The van der Waals surface area contributed by atoms with Crippen LogP contribution in [0.5, 0.6) is 5.75 Å². The summed E-state index contributed by atoms with van der Waals surface area (Å²) in [6, 6.07) is 4.30. The molecule has 0 aliphatic rings. The fourth-order valence-corrected chi connectivity index (χ4v) is 2.33. The largest absolute Gasteiger partial charge is 0.573 e. The van der Waals surface area contributed by atoms with Crippen molar-refractivity contribution in [2.24, 2.45) is 0 Å². The van der Waals surface area contributed by atoms with Crippen molar-refractivity contribution in [3.8, 4) is 17.0 Å². The maximum absolute atomic E-state index is 13.1. The van der Waals surface area contributed by atoms with Crippen molar-refractivity contribution in [3.63, 3.8) is 0 Å². The predicted octanol–water partition coefficient (Wildman–Crippen LogP) is 3.20. The highest BCUT2D eigenvalue weighted by atomic mass is 19.4. The van der Waals surface area contributed by atoms with E-state index in [0.717, 1.165) is 18.3 Å². The van der Waals surface area contributed by atoms with E-state index in [-0.39, 0.29) is 22.6 Å². The predicted molar refractivity (Wildman–Crippen MR) is 73.8 cm³/mol. The molecule has 0 fully saturated rings. The number of benzene rings is 1. The standard InChI is InChI=1S/C14H8F6N4O2/c15-13(16,17)12-23-22-10-5-21-11(9(6-25)24(10)12)7-1-3-8(4-2-7)26-14(18,19)20/h1-5,25H,6H2. The molecule has 26 heavy (non-hydrogen) atoms. The number of rotatable bonds is 3. The second-order valence-electron chi connectivity index (χ2n) is 5.00. The lowest BCUT2D eigenvalue weighted by Crippen LogP contribution is -2.17. The molecule has 0 bridgehead atoms. The smallest absolute Gasteiger partial charge is 0.406 e. The summed E-state index contributed by atoms with van der Waals surface area (Å²) in [5.74, 6) is -1.86. The number of fused-ring (bicyclic) bond motifs is 1. The third-order valence-electron chi connectivity index (χ3n) is 3.31. The fourth-order valence-electron chi connectivity index (χ4n) is 2.33. The van der Waals surface area contributed by atoms with Gasteiger partial charge in [0.1, 0.15) is 5.75 Å². The van der Waals surface area contributed by atoms with Gasteiger partial charge in [0, 0.05) is 5.56 Å². The SMILES string of the molecule is OCc1c(-c2ccc(OC(F)(F)F)cc2)ncc2nnc(C(F)(F)F)n12. The normalized spacial score (nSPS) is 12.6. The van der Waals surface area contributed by atoms with Crippen LogP contribution in [0.3, 0.4) is 0 Å². The van der Waals surface area contributed by atoms with Gasteiger partial charge in [-0.15, -0.1) is 23.4 Å². The number of aromatic nitrogens is 4. The Hall–Kier alpha value is -2.89. The molecule has 1 aromatic carbocycles. The quantitative estimate of drug-likeness (QED) is 0.709. The average Bonchev–Trinajstić information content (AvgIpc) is 2.97. The number of aliphatic hydroxyl groups is 1. The van der Waals surface area contributed by atoms with Crippen molar-refractivity contribution in [2.45, 2.75) is 19.1 Å². The number of halogens is 6. The fraction of sp³-hybridized carbons (Fsp3) is 0.214. The Morgan fingerprint density at radius 2 is 1.65 bits per heavy atom. The monoisotopic (exact) mass is 378 g/mol. The second kappa shape index (κ2) is 6.12. The molecule has 0 aliphatic carbocycles. The topological polar surface area (TPSA) is 72.5 Å². The van der Waals surface area contributed by atoms with Crippen LogP contribution in [-0.4, -0.2) is 31.1 Å². The van der Waals surface area contributed by atoms with E-state index in [1.807, 2.05) is 0 Å². The first-order valence-corrected chi connectivity index (χ1v) is 6.87. The Morgan fingerprint density at radius 3 is 2.19 bits per heavy atom. The van der Waals surface area contributed by atoms with Crippen LogP contribution in [0.15, 0.2) is 30.5 Å². The molecule has 2 aromatic heterocycles. The summed E-state index contributed by atoms with van der Waals surface area (Å²) in [4.78, 5) is 3.93. The van der Waals surface area contributed by atoms with Crippen molar-refractivity contribution in [1.29, 1.82) is 0 Å². The van der Waals surface area contributed by atoms with E-state index in [0.29, 0.717) is 4.40 Å². The van der Waals surface area contributed by atoms with Crippen molar-refractivity contribution in [3.05, 3.63) is 42.0 Å². The molecule has 0 atom stereocenters. The van der Waals surface area contributed by atoms with Gasteiger partial charge in [0.2, 0.25) is 5.82 Å². The van der Waals surface area contributed by atoms with Crippen molar-refractivity contribution in [2.75, 3.05) is 0 Å². The minimum Gasteiger partial charge on any atom is -0.406 e. The van der Waals surface area contributed by atoms with Gasteiger partial charge in [0.05, 0.1) is 24.2 Å². The molecular formula is C14H8F6N4O2. The van der Waals surface area contributed by atoms with E-state index in [9.17, 15) is 31.4 Å². The second-order valence-corrected chi connectivity index (χ2v) is 5.00. The molecule has 0 amide bonds. The van der Waals surface area contributed by atoms with Gasteiger partial charge in [-0.25, -0.2) is 0 Å². The molecule has 3 rings (SSSR count). The van der Waals surface area contributed by atoms with Crippen LogP contribution in [0.1, 0.15) is 11.5 Å². The molecule has 1 N–H and O–H groups in total. The first-order valence-electron chi connectivity index (χ1n) is 6.87. The molecule has 3 aromatic rings. The summed E-state index contributed by atoms with van der Waals surface area (Å²) in [5, 5.41) is 16.0. The summed E-state index contributed by atoms with van der Waals surface area (Å²) < 4.78 is 80.1. The minimum absolute atomic E-state index is 0.0659. The molecule has 0 saturated heterocycles. The van der Waals surface area contributed by atoms with E-state index < -0.39 is 30.7 Å². The lowest BCUT2D eigenvalue weighted by molar-refractivity contribution is -0.274. The summed E-state index contributed by atoms with van der Waals surface area (Å²) in [6.07, 6.45) is -8.69. The molecule has 0 radical (unpaired) electrons. The number of ether oxygens (including phenoxy) is 1. The molecule has 0 unspecified atom stereocenters. The summed E-state index contributed by atoms with van der Waals surface area (Å²) in [6.45, 7) is -0.832. The van der Waals surface area contributed by atoms with E-state index in [2.05, 4.69) is 19.9 Å². The highest BCUT2D eigenvalue weighted by Gasteiger charge is 2.38. The van der Waals surface area contributed by atoms with Crippen LogP contribution in [0.4, 0.5) is 26.3 Å². The number of nitrogens with zero attached hydrogens (tertiary/aromatic N) is 4. The van der Waals surface area contributed by atoms with E-state index in [4.69, 9.17) is 0 Å². The summed E-state index contributed by atoms with van der Waals surface area (Å²) in [5.41, 5.74) is -0.386.